The normalized spacial score (nSPS) is 21.9. The van der Waals surface area contributed by atoms with Gasteiger partial charge in [-0.15, -0.1) is 0 Å². The van der Waals surface area contributed by atoms with Gasteiger partial charge in [0.15, 0.2) is 9.84 Å². The topological polar surface area (TPSA) is 60.4 Å². The fraction of sp³-hybridized carbons (Fsp3) is 0.182. The average molecular weight is 238 g/mol. The number of esters is 1. The van der Waals surface area contributed by atoms with E-state index in [9.17, 15) is 13.2 Å². The molecule has 1 atom stereocenters. The van der Waals surface area contributed by atoms with Gasteiger partial charge in [-0.1, -0.05) is 18.2 Å². The van der Waals surface area contributed by atoms with Crippen LogP contribution in [0.25, 0.3) is 0 Å². The lowest BCUT2D eigenvalue weighted by atomic mass is 10.2. The summed E-state index contributed by atoms with van der Waals surface area (Å²) < 4.78 is 27.2. The number of hydrogen-bond donors (Lipinski definition) is 0. The van der Waals surface area contributed by atoms with E-state index in [1.54, 1.807) is 30.3 Å². The van der Waals surface area contributed by atoms with E-state index in [0.717, 1.165) is 5.41 Å². The largest absolute Gasteiger partial charge is 0.453 e. The molecule has 0 unspecified atom stereocenters. The number of benzene rings is 1. The molecular weight excluding hydrogens is 228 g/mol. The van der Waals surface area contributed by atoms with E-state index in [4.69, 9.17) is 4.74 Å². The number of sulfone groups is 1. The molecule has 0 saturated carbocycles. The predicted octanol–water partition coefficient (Wildman–Crippen LogP) is 1.15. The van der Waals surface area contributed by atoms with Crippen molar-refractivity contribution in [2.24, 2.45) is 0 Å². The third-order valence-electron chi connectivity index (χ3n) is 2.17. The van der Waals surface area contributed by atoms with Crippen LogP contribution in [-0.4, -0.2) is 26.2 Å². The molecule has 1 heterocycles. The van der Waals surface area contributed by atoms with Crippen LogP contribution in [0.2, 0.25) is 0 Å². The molecule has 0 spiro atoms. The van der Waals surface area contributed by atoms with E-state index in [2.05, 4.69) is 0 Å². The molecular formula is C11H10O4S. The Morgan fingerprint density at radius 1 is 1.25 bits per heavy atom. The Morgan fingerprint density at radius 3 is 2.50 bits per heavy atom. The summed E-state index contributed by atoms with van der Waals surface area (Å²) >= 11 is 0. The van der Waals surface area contributed by atoms with Gasteiger partial charge in [0, 0.05) is 5.41 Å². The zero-order valence-electron chi connectivity index (χ0n) is 8.37. The van der Waals surface area contributed by atoms with Gasteiger partial charge >= 0.3 is 5.97 Å². The molecule has 16 heavy (non-hydrogen) atoms. The molecule has 1 aliphatic heterocycles. The Balaban J connectivity index is 2.03. The first-order valence-electron chi connectivity index (χ1n) is 4.74. The smallest absolute Gasteiger partial charge is 0.338 e. The minimum absolute atomic E-state index is 0.161. The van der Waals surface area contributed by atoms with Crippen molar-refractivity contribution in [1.82, 2.24) is 0 Å². The first kappa shape index (κ1) is 10.9. The van der Waals surface area contributed by atoms with Crippen LogP contribution in [0.3, 0.4) is 0 Å². The van der Waals surface area contributed by atoms with E-state index in [-0.39, 0.29) is 5.75 Å². The lowest BCUT2D eigenvalue weighted by Gasteiger charge is -2.08. The quantitative estimate of drug-likeness (QED) is 0.725. The molecule has 4 nitrogen and oxygen atoms in total. The van der Waals surface area contributed by atoms with Crippen LogP contribution in [-0.2, 0) is 14.6 Å². The molecule has 84 valence electrons. The zero-order chi connectivity index (χ0) is 11.6. The molecule has 2 rings (SSSR count). The Bertz CT molecular complexity index is 516. The third-order valence-corrected chi connectivity index (χ3v) is 3.53. The van der Waals surface area contributed by atoms with Crippen LogP contribution in [0.15, 0.2) is 41.8 Å². The van der Waals surface area contributed by atoms with Crippen LogP contribution in [0.1, 0.15) is 10.4 Å². The maximum atomic E-state index is 11.6. The van der Waals surface area contributed by atoms with Gasteiger partial charge in [-0.2, -0.15) is 0 Å². The van der Waals surface area contributed by atoms with Gasteiger partial charge < -0.3 is 4.74 Å². The van der Waals surface area contributed by atoms with Crippen molar-refractivity contribution in [3.63, 3.8) is 0 Å². The lowest BCUT2D eigenvalue weighted by Crippen LogP contribution is -2.19. The molecule has 0 aromatic heterocycles. The average Bonchev–Trinajstić information content (AvgIpc) is 2.59. The van der Waals surface area contributed by atoms with Crippen molar-refractivity contribution in [2.45, 2.75) is 6.10 Å². The van der Waals surface area contributed by atoms with Crippen LogP contribution < -0.4 is 0 Å². The molecule has 0 radical (unpaired) electrons. The highest BCUT2D eigenvalue weighted by Crippen LogP contribution is 2.13. The molecule has 0 aliphatic carbocycles. The summed E-state index contributed by atoms with van der Waals surface area (Å²) in [6.07, 6.45) is 0.716. The van der Waals surface area contributed by atoms with Crippen molar-refractivity contribution in [3.05, 3.63) is 47.4 Å². The summed E-state index contributed by atoms with van der Waals surface area (Å²) in [5.41, 5.74) is 0.417. The highest BCUT2D eigenvalue weighted by molar-refractivity contribution is 7.94. The molecule has 0 N–H and O–H groups in total. The van der Waals surface area contributed by atoms with Crippen molar-refractivity contribution >= 4 is 15.8 Å². The molecule has 1 aliphatic rings. The molecule has 0 saturated heterocycles. The summed E-state index contributed by atoms with van der Waals surface area (Å²) in [4.78, 5) is 11.6. The predicted molar refractivity (Wildman–Crippen MR) is 58.6 cm³/mol. The Morgan fingerprint density at radius 2 is 1.94 bits per heavy atom. The molecule has 1 aromatic carbocycles. The first-order chi connectivity index (χ1) is 7.57. The van der Waals surface area contributed by atoms with E-state index in [1.807, 2.05) is 0 Å². The SMILES string of the molecule is O=C(O[C@H]1C=CS(=O)(=O)C1)c1ccccc1. The summed E-state index contributed by atoms with van der Waals surface area (Å²) in [5.74, 6) is -0.668. The van der Waals surface area contributed by atoms with Crippen molar-refractivity contribution < 1.29 is 17.9 Å². The lowest BCUT2D eigenvalue weighted by molar-refractivity contribution is 0.0433. The van der Waals surface area contributed by atoms with E-state index < -0.39 is 21.9 Å². The molecule has 0 fully saturated rings. The number of hydrogen-bond acceptors (Lipinski definition) is 4. The third kappa shape index (κ3) is 2.49. The van der Waals surface area contributed by atoms with E-state index in [0.29, 0.717) is 5.56 Å². The summed E-state index contributed by atoms with van der Waals surface area (Å²) in [6.45, 7) is 0. The maximum Gasteiger partial charge on any atom is 0.338 e. The summed E-state index contributed by atoms with van der Waals surface area (Å²) in [5, 5.41) is 1.08. The van der Waals surface area contributed by atoms with E-state index >= 15 is 0 Å². The second-order valence-corrected chi connectivity index (χ2v) is 5.40. The van der Waals surface area contributed by atoms with Crippen LogP contribution in [0.5, 0.6) is 0 Å². The number of rotatable bonds is 2. The highest BCUT2D eigenvalue weighted by atomic mass is 32.2. The zero-order valence-corrected chi connectivity index (χ0v) is 9.18. The summed E-state index contributed by atoms with van der Waals surface area (Å²) in [7, 11) is -3.18. The van der Waals surface area contributed by atoms with Crippen LogP contribution in [0.4, 0.5) is 0 Å². The first-order valence-corrected chi connectivity index (χ1v) is 6.45. The van der Waals surface area contributed by atoms with Crippen LogP contribution >= 0.6 is 0 Å². The minimum Gasteiger partial charge on any atom is -0.453 e. The van der Waals surface area contributed by atoms with Gasteiger partial charge in [0.1, 0.15) is 6.10 Å². The second-order valence-electron chi connectivity index (χ2n) is 3.47. The molecule has 1 aromatic rings. The highest BCUT2D eigenvalue weighted by Gasteiger charge is 2.25. The fourth-order valence-electron chi connectivity index (χ4n) is 1.40. The van der Waals surface area contributed by atoms with Gasteiger partial charge in [0.2, 0.25) is 0 Å². The number of carbonyl (C=O) groups is 1. The van der Waals surface area contributed by atoms with Crippen molar-refractivity contribution in [3.8, 4) is 0 Å². The van der Waals surface area contributed by atoms with Crippen LogP contribution in [0, 0.1) is 0 Å². The summed E-state index contributed by atoms with van der Waals surface area (Å²) in [6, 6.07) is 8.47. The van der Waals surface area contributed by atoms with Gasteiger partial charge in [0.05, 0.1) is 11.3 Å². The fourth-order valence-corrected chi connectivity index (χ4v) is 2.56. The number of ether oxygens (including phenoxy) is 1. The van der Waals surface area contributed by atoms with Gasteiger partial charge in [-0.25, -0.2) is 13.2 Å². The monoisotopic (exact) mass is 238 g/mol. The molecule has 0 bridgehead atoms. The Hall–Kier alpha value is -1.62. The van der Waals surface area contributed by atoms with Gasteiger partial charge in [-0.3, -0.25) is 0 Å². The standard InChI is InChI=1S/C11H10O4S/c12-11(9-4-2-1-3-5-9)15-10-6-7-16(13,14)8-10/h1-7,10H,8H2/t10-/m0/s1. The van der Waals surface area contributed by atoms with E-state index in [1.165, 1.54) is 6.08 Å². The minimum atomic E-state index is -3.18. The number of carbonyl (C=O) groups excluding carboxylic acids is 1. The van der Waals surface area contributed by atoms with Gasteiger partial charge in [-0.05, 0) is 18.2 Å². The van der Waals surface area contributed by atoms with Crippen molar-refractivity contribution in [2.75, 3.05) is 5.75 Å². The molecule has 5 heteroatoms. The Labute approximate surface area is 93.5 Å². The van der Waals surface area contributed by atoms with Gasteiger partial charge in [0.25, 0.3) is 0 Å². The second kappa shape index (κ2) is 4.09. The molecule has 0 amide bonds. The van der Waals surface area contributed by atoms with Crippen molar-refractivity contribution in [1.29, 1.82) is 0 Å². The maximum absolute atomic E-state index is 11.6. The Kier molecular flexibility index (Phi) is 2.78.